The lowest BCUT2D eigenvalue weighted by Crippen LogP contribution is -2.35. The molecular weight excluding hydrogens is 432 g/mol. The number of carbonyl (C=O) groups is 1. The fraction of sp³-hybridized carbons (Fsp3) is 0.545. The van der Waals surface area contributed by atoms with Crippen molar-refractivity contribution < 1.29 is 13.2 Å². The van der Waals surface area contributed by atoms with E-state index in [1.807, 2.05) is 25.9 Å². The zero-order chi connectivity index (χ0) is 22.3. The van der Waals surface area contributed by atoms with Crippen LogP contribution in [0.3, 0.4) is 0 Å². The predicted octanol–water partition coefficient (Wildman–Crippen LogP) is 4.03. The number of fused-ring (bicyclic) bond motifs is 1. The Morgan fingerprint density at radius 2 is 2.03 bits per heavy atom. The van der Waals surface area contributed by atoms with Crippen LogP contribution >= 0.6 is 11.3 Å². The van der Waals surface area contributed by atoms with E-state index in [1.54, 1.807) is 0 Å². The van der Waals surface area contributed by atoms with Gasteiger partial charge in [0.1, 0.15) is 0 Å². The van der Waals surface area contributed by atoms with Gasteiger partial charge in [0, 0.05) is 17.1 Å². The number of thiazole rings is 1. The van der Waals surface area contributed by atoms with E-state index < -0.39 is 16.1 Å². The summed E-state index contributed by atoms with van der Waals surface area (Å²) in [6.07, 6.45) is 5.36. The van der Waals surface area contributed by atoms with Crippen LogP contribution in [0.15, 0.2) is 16.5 Å². The molecule has 0 saturated heterocycles. The quantitative estimate of drug-likeness (QED) is 0.648. The first-order valence-corrected chi connectivity index (χ1v) is 13.0. The van der Waals surface area contributed by atoms with Crippen LogP contribution in [0.1, 0.15) is 59.4 Å². The van der Waals surface area contributed by atoms with Gasteiger partial charge in [0.05, 0.1) is 5.69 Å². The van der Waals surface area contributed by atoms with Gasteiger partial charge in [-0.05, 0) is 81.6 Å². The lowest BCUT2D eigenvalue weighted by atomic mass is 9.91. The van der Waals surface area contributed by atoms with Gasteiger partial charge in [0.15, 0.2) is 0 Å². The van der Waals surface area contributed by atoms with Gasteiger partial charge in [-0.2, -0.15) is 8.42 Å². The number of nitrogens with zero attached hydrogens (tertiary/aromatic N) is 2. The minimum atomic E-state index is -4.04. The lowest BCUT2D eigenvalue weighted by Gasteiger charge is -2.20. The topological polar surface area (TPSA) is 91.4 Å². The third-order valence-corrected chi connectivity index (χ3v) is 8.89. The van der Waals surface area contributed by atoms with E-state index in [2.05, 4.69) is 34.1 Å². The highest BCUT2D eigenvalue weighted by atomic mass is 32.2. The number of aryl methyl sites for hydroxylation is 2. The molecule has 31 heavy (non-hydrogen) atoms. The molecule has 1 atom stereocenters. The Balaban J connectivity index is 1.56. The molecule has 1 heterocycles. The molecule has 1 saturated carbocycles. The van der Waals surface area contributed by atoms with Gasteiger partial charge in [-0.25, -0.2) is 14.5 Å². The van der Waals surface area contributed by atoms with Gasteiger partial charge in [0.25, 0.3) is 10.0 Å². The lowest BCUT2D eigenvalue weighted by molar-refractivity contribution is 0.256. The van der Waals surface area contributed by atoms with Gasteiger partial charge < -0.3 is 10.2 Å². The summed E-state index contributed by atoms with van der Waals surface area (Å²) in [5, 5.41) is 2.89. The highest BCUT2D eigenvalue weighted by molar-refractivity contribution is 7.92. The Morgan fingerprint density at radius 3 is 2.71 bits per heavy atom. The van der Waals surface area contributed by atoms with Crippen molar-refractivity contribution >= 4 is 33.1 Å². The van der Waals surface area contributed by atoms with Crippen molar-refractivity contribution in [2.45, 2.75) is 62.8 Å². The number of sulfonamides is 1. The Morgan fingerprint density at radius 1 is 1.29 bits per heavy atom. The number of nitrogens with one attached hydrogen (secondary N) is 2. The van der Waals surface area contributed by atoms with E-state index in [1.165, 1.54) is 18.4 Å². The van der Waals surface area contributed by atoms with E-state index in [9.17, 15) is 13.2 Å². The molecule has 2 aliphatic carbocycles. The average molecular weight is 463 g/mol. The number of urea groups is 1. The highest BCUT2D eigenvalue weighted by Gasteiger charge is 2.32. The third kappa shape index (κ3) is 4.78. The fourth-order valence-corrected chi connectivity index (χ4v) is 6.53. The maximum atomic E-state index is 12.8. The van der Waals surface area contributed by atoms with Crippen molar-refractivity contribution in [3.05, 3.63) is 39.4 Å². The first-order valence-electron chi connectivity index (χ1n) is 10.7. The summed E-state index contributed by atoms with van der Waals surface area (Å²) in [6.45, 7) is 4.58. The molecule has 168 valence electrons. The SMILES string of the molecule is Cc1sc(S(=O)(=O)NC(=O)Nc2c(C(C)C3CC3)ccc3c2CCC3)nc1CN(C)C. The second kappa shape index (κ2) is 8.52. The number of rotatable bonds is 7. The van der Waals surface area contributed by atoms with Gasteiger partial charge in [-0.3, -0.25) is 0 Å². The van der Waals surface area contributed by atoms with Crippen molar-refractivity contribution in [2.24, 2.45) is 5.92 Å². The van der Waals surface area contributed by atoms with Gasteiger partial charge in [-0.1, -0.05) is 19.1 Å². The molecule has 2 aromatic rings. The standard InChI is InChI=1S/C22H30N4O3S2/c1-13(15-8-9-15)17-11-10-16-6-5-7-18(16)20(17)24-21(27)25-31(28,29)22-23-19(12-26(3)4)14(2)30-22/h10-11,13,15H,5-9,12H2,1-4H3,(H2,24,25,27). The van der Waals surface area contributed by atoms with Crippen LogP contribution in [-0.4, -0.2) is 38.4 Å². The van der Waals surface area contributed by atoms with Gasteiger partial charge in [0.2, 0.25) is 4.34 Å². The molecule has 0 spiro atoms. The molecule has 2 aliphatic rings. The number of amides is 2. The number of anilines is 1. The summed E-state index contributed by atoms with van der Waals surface area (Å²) in [7, 11) is -0.241. The number of aromatic nitrogens is 1. The highest BCUT2D eigenvalue weighted by Crippen LogP contribution is 2.46. The summed E-state index contributed by atoms with van der Waals surface area (Å²) >= 11 is 1.08. The van der Waals surface area contributed by atoms with Crippen LogP contribution in [0, 0.1) is 12.8 Å². The van der Waals surface area contributed by atoms with Gasteiger partial charge >= 0.3 is 6.03 Å². The van der Waals surface area contributed by atoms with Crippen molar-refractivity contribution in [1.82, 2.24) is 14.6 Å². The smallest absolute Gasteiger partial charge is 0.307 e. The van der Waals surface area contributed by atoms with Crippen molar-refractivity contribution in [3.8, 4) is 0 Å². The molecule has 0 radical (unpaired) electrons. The molecule has 4 rings (SSSR count). The minimum Gasteiger partial charge on any atom is -0.307 e. The second-order valence-corrected chi connectivity index (χ2v) is 12.0. The van der Waals surface area contributed by atoms with Crippen LogP contribution < -0.4 is 10.0 Å². The average Bonchev–Trinajstić information content (AvgIpc) is 3.31. The minimum absolute atomic E-state index is 0.0816. The van der Waals surface area contributed by atoms with Crippen LogP contribution in [0.5, 0.6) is 0 Å². The fourth-order valence-electron chi connectivity index (χ4n) is 4.33. The Hall–Kier alpha value is -1.97. The van der Waals surface area contributed by atoms with Crippen molar-refractivity contribution in [2.75, 3.05) is 19.4 Å². The number of carbonyl (C=O) groups excluding carboxylic acids is 1. The number of hydrogen-bond donors (Lipinski definition) is 2. The first kappa shape index (κ1) is 22.2. The molecule has 2 amide bonds. The third-order valence-electron chi connectivity index (χ3n) is 6.17. The molecule has 9 heteroatoms. The summed E-state index contributed by atoms with van der Waals surface area (Å²) in [6, 6.07) is 3.54. The Kier molecular flexibility index (Phi) is 6.11. The van der Waals surface area contributed by atoms with Crippen molar-refractivity contribution in [1.29, 1.82) is 0 Å². The van der Waals surface area contributed by atoms with E-state index >= 15 is 0 Å². The number of benzene rings is 1. The summed E-state index contributed by atoms with van der Waals surface area (Å²) < 4.78 is 27.7. The van der Waals surface area contributed by atoms with E-state index in [0.717, 1.165) is 52.3 Å². The first-order chi connectivity index (χ1) is 14.7. The zero-order valence-corrected chi connectivity index (χ0v) is 20.1. The van der Waals surface area contributed by atoms with Crippen LogP contribution in [0.2, 0.25) is 0 Å². The summed E-state index contributed by atoms with van der Waals surface area (Å²) in [5.74, 6) is 0.980. The Labute approximate surface area is 188 Å². The molecule has 1 fully saturated rings. The van der Waals surface area contributed by atoms with Gasteiger partial charge in [-0.15, -0.1) is 11.3 Å². The van der Waals surface area contributed by atoms with Crippen LogP contribution in [-0.2, 0) is 29.4 Å². The molecule has 0 bridgehead atoms. The maximum Gasteiger partial charge on any atom is 0.333 e. The molecular formula is C22H30N4O3S2. The van der Waals surface area contributed by atoms with E-state index in [0.29, 0.717) is 24.1 Å². The van der Waals surface area contributed by atoms with E-state index in [4.69, 9.17) is 0 Å². The monoisotopic (exact) mass is 462 g/mol. The summed E-state index contributed by atoms with van der Waals surface area (Å²) in [4.78, 5) is 19.8. The predicted molar refractivity (Wildman–Crippen MR) is 123 cm³/mol. The number of hydrogen-bond acceptors (Lipinski definition) is 6. The molecule has 1 unspecified atom stereocenters. The van der Waals surface area contributed by atoms with E-state index in [-0.39, 0.29) is 4.34 Å². The van der Waals surface area contributed by atoms with Crippen LogP contribution in [0.25, 0.3) is 0 Å². The Bertz CT molecular complexity index is 1100. The zero-order valence-electron chi connectivity index (χ0n) is 18.5. The summed E-state index contributed by atoms with van der Waals surface area (Å²) in [5.41, 5.74) is 5.00. The normalized spacial score (nSPS) is 16.9. The molecule has 1 aromatic heterocycles. The molecule has 1 aromatic carbocycles. The second-order valence-electron chi connectivity index (χ2n) is 8.93. The largest absolute Gasteiger partial charge is 0.333 e. The maximum absolute atomic E-state index is 12.8. The van der Waals surface area contributed by atoms with Crippen molar-refractivity contribution in [3.63, 3.8) is 0 Å². The van der Waals surface area contributed by atoms with Crippen LogP contribution in [0.4, 0.5) is 10.5 Å². The molecule has 0 aliphatic heterocycles. The molecule has 7 nitrogen and oxygen atoms in total. The molecule has 2 N–H and O–H groups in total.